The molecule has 0 bridgehead atoms. The maximum Gasteiger partial charge on any atom is 0.0536 e. The van der Waals surface area contributed by atoms with Gasteiger partial charge < -0.3 is 5.41 Å². The molecule has 0 rings (SSSR count). The minimum Gasteiger partial charge on any atom is -0.301 e. The van der Waals surface area contributed by atoms with E-state index in [4.69, 9.17) is 5.41 Å². The van der Waals surface area contributed by atoms with Crippen molar-refractivity contribution in [2.45, 2.75) is 40.0 Å². The van der Waals surface area contributed by atoms with Crippen molar-refractivity contribution < 1.29 is 0 Å². The van der Waals surface area contributed by atoms with Gasteiger partial charge in [0.2, 0.25) is 0 Å². The van der Waals surface area contributed by atoms with E-state index in [1.54, 1.807) is 0 Å². The van der Waals surface area contributed by atoms with Gasteiger partial charge in [-0.25, -0.2) is 0 Å². The van der Waals surface area contributed by atoms with Gasteiger partial charge in [-0.05, 0) is 38.8 Å². The highest BCUT2D eigenvalue weighted by atomic mass is 14.4. The largest absolute Gasteiger partial charge is 0.301 e. The first-order valence-electron chi connectivity index (χ1n) is 4.59. The molecule has 68 valence electrons. The van der Waals surface area contributed by atoms with E-state index in [1.807, 2.05) is 25.2 Å². The number of unbranched alkanes of at least 4 members (excludes halogenated alkanes) is 1. The zero-order chi connectivity index (χ0) is 9.40. The summed E-state index contributed by atoms with van der Waals surface area (Å²) in [6, 6.07) is 0. The van der Waals surface area contributed by atoms with E-state index in [2.05, 4.69) is 13.8 Å². The van der Waals surface area contributed by atoms with Crippen LogP contribution in [0, 0.1) is 5.41 Å². The molecular weight excluding hydrogens is 146 g/mol. The smallest absolute Gasteiger partial charge is 0.0536 e. The third-order valence-electron chi connectivity index (χ3n) is 1.67. The normalized spacial score (nSPS) is 12.4. The number of hydrogen-bond donors (Lipinski definition) is 1. The molecule has 1 nitrogen and oxygen atoms in total. The fraction of sp³-hybridized carbons (Fsp3) is 0.545. The molecule has 0 aliphatic carbocycles. The molecule has 1 N–H and O–H groups in total. The highest BCUT2D eigenvalue weighted by Crippen LogP contribution is 2.05. The summed E-state index contributed by atoms with van der Waals surface area (Å²) in [6.07, 6.45) is 9.22. The molecular formula is C11H19N. The molecule has 0 aliphatic rings. The van der Waals surface area contributed by atoms with Crippen LogP contribution in [-0.2, 0) is 0 Å². The van der Waals surface area contributed by atoms with Gasteiger partial charge in [0.25, 0.3) is 0 Å². The number of allylic oxidation sites excluding steroid dienone is 4. The first-order chi connectivity index (χ1) is 5.70. The van der Waals surface area contributed by atoms with Crippen LogP contribution >= 0.6 is 0 Å². The van der Waals surface area contributed by atoms with Gasteiger partial charge in [-0.2, -0.15) is 0 Å². The second-order valence-corrected chi connectivity index (χ2v) is 3.05. The summed E-state index contributed by atoms with van der Waals surface area (Å²) in [4.78, 5) is 0. The van der Waals surface area contributed by atoms with E-state index >= 15 is 0 Å². The molecule has 0 saturated heterocycles. The van der Waals surface area contributed by atoms with E-state index in [9.17, 15) is 0 Å². The minimum atomic E-state index is 0.603. The van der Waals surface area contributed by atoms with Gasteiger partial charge in [-0.1, -0.05) is 25.0 Å². The number of nitrogens with one attached hydrogen (secondary N) is 1. The van der Waals surface area contributed by atoms with Crippen molar-refractivity contribution in [1.29, 1.82) is 5.41 Å². The molecule has 0 unspecified atom stereocenters. The quantitative estimate of drug-likeness (QED) is 0.600. The van der Waals surface area contributed by atoms with E-state index in [0.29, 0.717) is 5.71 Å². The Morgan fingerprint density at radius 1 is 1.42 bits per heavy atom. The zero-order valence-corrected chi connectivity index (χ0v) is 8.35. The van der Waals surface area contributed by atoms with Crippen LogP contribution in [-0.4, -0.2) is 5.71 Å². The van der Waals surface area contributed by atoms with E-state index in [-0.39, 0.29) is 0 Å². The van der Waals surface area contributed by atoms with Crippen LogP contribution in [0.1, 0.15) is 40.0 Å². The number of rotatable bonds is 5. The standard InChI is InChI=1S/C11H19N/c1-4-6-8-10(3)9-11(12)7-5-2/h5,7,9,12H,4,6,8H2,1-3H3/b7-5?,10-9-,12-11?. The second kappa shape index (κ2) is 6.84. The summed E-state index contributed by atoms with van der Waals surface area (Å²) < 4.78 is 0. The van der Waals surface area contributed by atoms with Crippen molar-refractivity contribution in [2.75, 3.05) is 0 Å². The third kappa shape index (κ3) is 5.90. The fourth-order valence-corrected chi connectivity index (χ4v) is 1.02. The monoisotopic (exact) mass is 165 g/mol. The lowest BCUT2D eigenvalue weighted by Crippen LogP contribution is -1.87. The Bertz CT molecular complexity index is 187. The Kier molecular flexibility index (Phi) is 6.35. The van der Waals surface area contributed by atoms with Gasteiger partial charge >= 0.3 is 0 Å². The van der Waals surface area contributed by atoms with E-state index in [0.717, 1.165) is 6.42 Å². The summed E-state index contributed by atoms with van der Waals surface area (Å²) in [6.45, 7) is 6.21. The molecule has 0 heterocycles. The second-order valence-electron chi connectivity index (χ2n) is 3.05. The van der Waals surface area contributed by atoms with Crippen LogP contribution in [0.25, 0.3) is 0 Å². The Balaban J connectivity index is 3.89. The first kappa shape index (κ1) is 11.2. The highest BCUT2D eigenvalue weighted by Gasteiger charge is 1.90. The van der Waals surface area contributed by atoms with Gasteiger partial charge in [0.05, 0.1) is 5.71 Å². The molecule has 12 heavy (non-hydrogen) atoms. The van der Waals surface area contributed by atoms with Gasteiger partial charge in [-0.3, -0.25) is 0 Å². The van der Waals surface area contributed by atoms with Crippen LogP contribution in [0.4, 0.5) is 0 Å². The summed E-state index contributed by atoms with van der Waals surface area (Å²) in [5, 5.41) is 7.49. The maximum absolute atomic E-state index is 7.49. The van der Waals surface area contributed by atoms with Crippen LogP contribution in [0.3, 0.4) is 0 Å². The van der Waals surface area contributed by atoms with Gasteiger partial charge in [0.15, 0.2) is 0 Å². The number of hydrogen-bond acceptors (Lipinski definition) is 1. The lowest BCUT2D eigenvalue weighted by Gasteiger charge is -1.97. The molecule has 1 heteroatoms. The van der Waals surface area contributed by atoms with Crippen LogP contribution in [0.5, 0.6) is 0 Å². The molecule has 0 saturated carbocycles. The van der Waals surface area contributed by atoms with Crippen molar-refractivity contribution >= 4 is 5.71 Å². The van der Waals surface area contributed by atoms with Crippen LogP contribution in [0.2, 0.25) is 0 Å². The summed E-state index contributed by atoms with van der Waals surface area (Å²) in [7, 11) is 0. The molecule has 0 atom stereocenters. The third-order valence-corrected chi connectivity index (χ3v) is 1.67. The van der Waals surface area contributed by atoms with Crippen molar-refractivity contribution in [2.24, 2.45) is 0 Å². The van der Waals surface area contributed by atoms with Gasteiger partial charge in [-0.15, -0.1) is 0 Å². The SMILES string of the molecule is CC=CC(=N)/C=C(/C)CCCC. The topological polar surface area (TPSA) is 23.9 Å². The van der Waals surface area contributed by atoms with Crippen LogP contribution < -0.4 is 0 Å². The Morgan fingerprint density at radius 2 is 2.08 bits per heavy atom. The predicted molar refractivity (Wildman–Crippen MR) is 55.8 cm³/mol. The van der Waals surface area contributed by atoms with Crippen molar-refractivity contribution in [3.63, 3.8) is 0 Å². The highest BCUT2D eigenvalue weighted by molar-refractivity contribution is 6.01. The molecule has 0 aromatic rings. The summed E-state index contributed by atoms with van der Waals surface area (Å²) >= 11 is 0. The van der Waals surface area contributed by atoms with Gasteiger partial charge in [0, 0.05) is 0 Å². The molecule has 0 spiro atoms. The minimum absolute atomic E-state index is 0.603. The lowest BCUT2D eigenvalue weighted by molar-refractivity contribution is 0.788. The summed E-state index contributed by atoms with van der Waals surface area (Å²) in [5.74, 6) is 0. The zero-order valence-electron chi connectivity index (χ0n) is 8.35. The molecule has 0 aromatic carbocycles. The Hall–Kier alpha value is -0.850. The maximum atomic E-state index is 7.49. The predicted octanol–water partition coefficient (Wildman–Crippen LogP) is 3.72. The van der Waals surface area contributed by atoms with Gasteiger partial charge in [0.1, 0.15) is 0 Å². The Labute approximate surface area is 75.7 Å². The first-order valence-corrected chi connectivity index (χ1v) is 4.59. The molecule has 0 aromatic heterocycles. The Morgan fingerprint density at radius 3 is 2.58 bits per heavy atom. The molecule has 0 fully saturated rings. The molecule has 0 radical (unpaired) electrons. The lowest BCUT2D eigenvalue weighted by atomic mass is 10.1. The van der Waals surface area contributed by atoms with Crippen molar-refractivity contribution in [3.05, 3.63) is 23.8 Å². The molecule has 0 aliphatic heterocycles. The van der Waals surface area contributed by atoms with Crippen molar-refractivity contribution in [3.8, 4) is 0 Å². The van der Waals surface area contributed by atoms with E-state index < -0.39 is 0 Å². The summed E-state index contributed by atoms with van der Waals surface area (Å²) in [5.41, 5.74) is 1.91. The van der Waals surface area contributed by atoms with Crippen LogP contribution in [0.15, 0.2) is 23.8 Å². The van der Waals surface area contributed by atoms with E-state index in [1.165, 1.54) is 18.4 Å². The fourth-order valence-electron chi connectivity index (χ4n) is 1.02. The molecule has 0 amide bonds. The average molecular weight is 165 g/mol. The van der Waals surface area contributed by atoms with Crippen molar-refractivity contribution in [1.82, 2.24) is 0 Å². The average Bonchev–Trinajstić information content (AvgIpc) is 2.01.